The number of rotatable bonds is 3. The maximum Gasteiger partial charge on any atom is 0.292 e. The standard InChI is InChI=1S/C17H23N5O3/c1-13-16(25-12-18-13)17(23)21-11-15-2-4-19-22(15)5-3-14(21)10-20-6-8-24-9-7-20/h2,4,12,14H,3,5-11H2,1H3/t14-/m0/s1. The number of hydrogen-bond donors (Lipinski definition) is 0. The Bertz CT molecular complexity index is 734. The molecule has 4 heterocycles. The van der Waals surface area contributed by atoms with E-state index in [9.17, 15) is 4.79 Å². The molecular formula is C17H23N5O3. The van der Waals surface area contributed by atoms with Gasteiger partial charge >= 0.3 is 0 Å². The number of amides is 1. The average molecular weight is 345 g/mol. The third-order valence-electron chi connectivity index (χ3n) is 5.03. The van der Waals surface area contributed by atoms with Crippen molar-refractivity contribution in [1.82, 2.24) is 24.6 Å². The van der Waals surface area contributed by atoms with E-state index in [1.165, 1.54) is 6.39 Å². The summed E-state index contributed by atoms with van der Waals surface area (Å²) < 4.78 is 12.8. The van der Waals surface area contributed by atoms with E-state index in [1.807, 2.05) is 15.6 Å². The number of morpholine rings is 1. The molecule has 25 heavy (non-hydrogen) atoms. The highest BCUT2D eigenvalue weighted by Gasteiger charge is 2.32. The molecule has 2 aromatic heterocycles. The molecule has 2 aromatic rings. The van der Waals surface area contributed by atoms with Crippen molar-refractivity contribution in [3.05, 3.63) is 35.8 Å². The Morgan fingerprint density at radius 2 is 2.16 bits per heavy atom. The summed E-state index contributed by atoms with van der Waals surface area (Å²) in [5, 5.41) is 4.38. The number of fused-ring (bicyclic) bond motifs is 1. The lowest BCUT2D eigenvalue weighted by Gasteiger charge is -2.35. The first-order valence-electron chi connectivity index (χ1n) is 8.74. The van der Waals surface area contributed by atoms with Crippen LogP contribution in [0, 0.1) is 6.92 Å². The quantitative estimate of drug-likeness (QED) is 0.824. The lowest BCUT2D eigenvalue weighted by Crippen LogP contribution is -2.48. The van der Waals surface area contributed by atoms with Gasteiger partial charge in [-0.1, -0.05) is 0 Å². The van der Waals surface area contributed by atoms with Crippen LogP contribution in [0.1, 0.15) is 28.4 Å². The van der Waals surface area contributed by atoms with Gasteiger partial charge in [-0.15, -0.1) is 0 Å². The summed E-state index contributed by atoms with van der Waals surface area (Å²) in [4.78, 5) is 21.5. The van der Waals surface area contributed by atoms with Crippen LogP contribution in [0.25, 0.3) is 0 Å². The number of aromatic nitrogens is 3. The van der Waals surface area contributed by atoms with Crippen LogP contribution in [0.3, 0.4) is 0 Å². The predicted octanol–water partition coefficient (Wildman–Crippen LogP) is 0.926. The first kappa shape index (κ1) is 16.3. The van der Waals surface area contributed by atoms with E-state index >= 15 is 0 Å². The highest BCUT2D eigenvalue weighted by atomic mass is 16.5. The van der Waals surface area contributed by atoms with E-state index in [4.69, 9.17) is 9.15 Å². The minimum absolute atomic E-state index is 0.0945. The molecule has 0 N–H and O–H groups in total. The fourth-order valence-electron chi connectivity index (χ4n) is 3.57. The molecule has 0 spiro atoms. The first-order valence-corrected chi connectivity index (χ1v) is 8.74. The monoisotopic (exact) mass is 345 g/mol. The van der Waals surface area contributed by atoms with Gasteiger partial charge in [0.25, 0.3) is 5.91 Å². The minimum Gasteiger partial charge on any atom is -0.438 e. The van der Waals surface area contributed by atoms with E-state index in [0.717, 1.165) is 51.5 Å². The Balaban J connectivity index is 1.59. The number of nitrogens with zero attached hydrogens (tertiary/aromatic N) is 5. The zero-order valence-corrected chi connectivity index (χ0v) is 14.4. The summed E-state index contributed by atoms with van der Waals surface area (Å²) in [5.41, 5.74) is 1.68. The maximum atomic E-state index is 13.1. The van der Waals surface area contributed by atoms with E-state index < -0.39 is 0 Å². The van der Waals surface area contributed by atoms with Crippen molar-refractivity contribution in [2.75, 3.05) is 32.8 Å². The van der Waals surface area contributed by atoms with Crippen LogP contribution in [0.4, 0.5) is 0 Å². The molecule has 134 valence electrons. The van der Waals surface area contributed by atoms with E-state index in [-0.39, 0.29) is 11.9 Å². The molecule has 0 saturated carbocycles. The number of carbonyl (C=O) groups is 1. The van der Waals surface area contributed by atoms with Crippen molar-refractivity contribution in [3.8, 4) is 0 Å². The zero-order chi connectivity index (χ0) is 17.2. The molecule has 0 aliphatic carbocycles. The van der Waals surface area contributed by atoms with E-state index in [2.05, 4.69) is 15.0 Å². The molecule has 2 aliphatic heterocycles. The lowest BCUT2D eigenvalue weighted by molar-refractivity contribution is 0.0195. The average Bonchev–Trinajstić information content (AvgIpc) is 3.22. The largest absolute Gasteiger partial charge is 0.438 e. The molecule has 0 bridgehead atoms. The second-order valence-electron chi connectivity index (χ2n) is 6.60. The molecule has 1 fully saturated rings. The smallest absolute Gasteiger partial charge is 0.292 e. The van der Waals surface area contributed by atoms with Crippen LogP contribution in [0.2, 0.25) is 0 Å². The molecule has 0 unspecified atom stereocenters. The number of hydrogen-bond acceptors (Lipinski definition) is 6. The summed E-state index contributed by atoms with van der Waals surface area (Å²) >= 11 is 0. The van der Waals surface area contributed by atoms with Crippen molar-refractivity contribution in [1.29, 1.82) is 0 Å². The van der Waals surface area contributed by atoms with Crippen LogP contribution in [-0.4, -0.2) is 69.4 Å². The number of ether oxygens (including phenoxy) is 1. The molecule has 0 radical (unpaired) electrons. The summed E-state index contributed by atoms with van der Waals surface area (Å²) in [6.07, 6.45) is 3.99. The Labute approximate surface area is 146 Å². The van der Waals surface area contributed by atoms with Crippen molar-refractivity contribution >= 4 is 5.91 Å². The van der Waals surface area contributed by atoms with E-state index in [0.29, 0.717) is 18.0 Å². The molecular weight excluding hydrogens is 322 g/mol. The summed E-state index contributed by atoms with van der Waals surface area (Å²) in [6.45, 7) is 7.31. The second kappa shape index (κ2) is 6.97. The minimum atomic E-state index is -0.0945. The Morgan fingerprint density at radius 3 is 2.92 bits per heavy atom. The fourth-order valence-corrected chi connectivity index (χ4v) is 3.57. The molecule has 1 atom stereocenters. The van der Waals surface area contributed by atoms with Gasteiger partial charge < -0.3 is 14.1 Å². The van der Waals surface area contributed by atoms with Gasteiger partial charge in [0.15, 0.2) is 6.39 Å². The van der Waals surface area contributed by atoms with Crippen molar-refractivity contribution < 1.29 is 13.9 Å². The highest BCUT2D eigenvalue weighted by Crippen LogP contribution is 2.22. The summed E-state index contributed by atoms with van der Waals surface area (Å²) in [6, 6.07) is 2.08. The van der Waals surface area contributed by atoms with Gasteiger partial charge in [-0.25, -0.2) is 4.98 Å². The van der Waals surface area contributed by atoms with Crippen molar-refractivity contribution in [3.63, 3.8) is 0 Å². The summed E-state index contributed by atoms with van der Waals surface area (Å²) in [7, 11) is 0. The first-order chi connectivity index (χ1) is 12.2. The molecule has 1 amide bonds. The third kappa shape index (κ3) is 3.32. The molecule has 2 aliphatic rings. The van der Waals surface area contributed by atoms with Gasteiger partial charge in [-0.3, -0.25) is 14.4 Å². The molecule has 4 rings (SSSR count). The van der Waals surface area contributed by atoms with Crippen LogP contribution < -0.4 is 0 Å². The van der Waals surface area contributed by atoms with Crippen LogP contribution in [0.15, 0.2) is 23.1 Å². The Kier molecular flexibility index (Phi) is 4.54. The topological polar surface area (TPSA) is 76.6 Å². The van der Waals surface area contributed by atoms with Crippen molar-refractivity contribution in [2.45, 2.75) is 32.5 Å². The Morgan fingerprint density at radius 1 is 1.32 bits per heavy atom. The second-order valence-corrected chi connectivity index (χ2v) is 6.60. The molecule has 1 saturated heterocycles. The normalized spacial score (nSPS) is 21.8. The molecule has 0 aromatic carbocycles. The highest BCUT2D eigenvalue weighted by molar-refractivity contribution is 5.92. The Hall–Kier alpha value is -2.19. The van der Waals surface area contributed by atoms with Crippen LogP contribution >= 0.6 is 0 Å². The number of carbonyl (C=O) groups excluding carboxylic acids is 1. The molecule has 8 nitrogen and oxygen atoms in total. The van der Waals surface area contributed by atoms with Crippen molar-refractivity contribution in [2.24, 2.45) is 0 Å². The SMILES string of the molecule is Cc1ncoc1C(=O)N1Cc2ccnn2CC[C@H]1CN1CCOCC1. The zero-order valence-electron chi connectivity index (χ0n) is 14.4. The van der Waals surface area contributed by atoms with Gasteiger partial charge in [-0.2, -0.15) is 5.10 Å². The molecule has 8 heteroatoms. The lowest BCUT2D eigenvalue weighted by atomic mass is 10.1. The van der Waals surface area contributed by atoms with Gasteiger partial charge in [0, 0.05) is 38.4 Å². The van der Waals surface area contributed by atoms with Crippen LogP contribution in [0.5, 0.6) is 0 Å². The summed E-state index contributed by atoms with van der Waals surface area (Å²) in [5.74, 6) is 0.239. The van der Waals surface area contributed by atoms with Gasteiger partial charge in [0.05, 0.1) is 31.1 Å². The van der Waals surface area contributed by atoms with Gasteiger partial charge in [0.2, 0.25) is 5.76 Å². The fraction of sp³-hybridized carbons (Fsp3) is 0.588. The van der Waals surface area contributed by atoms with Gasteiger partial charge in [0.1, 0.15) is 0 Å². The van der Waals surface area contributed by atoms with Crippen LogP contribution in [-0.2, 0) is 17.8 Å². The van der Waals surface area contributed by atoms with E-state index in [1.54, 1.807) is 13.1 Å². The number of oxazole rings is 1. The van der Waals surface area contributed by atoms with Gasteiger partial charge in [-0.05, 0) is 19.4 Å². The number of aryl methyl sites for hydroxylation is 2. The predicted molar refractivity (Wildman–Crippen MR) is 89.0 cm³/mol. The maximum absolute atomic E-state index is 13.1. The third-order valence-corrected chi connectivity index (χ3v) is 5.03.